The van der Waals surface area contributed by atoms with Crippen molar-refractivity contribution >= 4 is 15.9 Å². The highest BCUT2D eigenvalue weighted by Crippen LogP contribution is 2.29. The van der Waals surface area contributed by atoms with Gasteiger partial charge < -0.3 is 9.80 Å². The fourth-order valence-corrected chi connectivity index (χ4v) is 3.88. The van der Waals surface area contributed by atoms with Crippen molar-refractivity contribution in [3.63, 3.8) is 0 Å². The molecule has 0 aromatic rings. The van der Waals surface area contributed by atoms with Crippen LogP contribution in [0.5, 0.6) is 0 Å². The van der Waals surface area contributed by atoms with Crippen molar-refractivity contribution in [3.05, 3.63) is 0 Å². The van der Waals surface area contributed by atoms with Crippen molar-refractivity contribution in [2.75, 3.05) is 32.9 Å². The van der Waals surface area contributed by atoms with E-state index in [4.69, 9.17) is 0 Å². The Bertz CT molecular complexity index is 452. The summed E-state index contributed by atoms with van der Waals surface area (Å²) in [5.74, 6) is 0.0731. The quantitative estimate of drug-likeness (QED) is 0.777. The first-order chi connectivity index (χ1) is 9.38. The van der Waals surface area contributed by atoms with E-state index in [0.717, 1.165) is 38.6 Å². The van der Waals surface area contributed by atoms with Gasteiger partial charge in [-0.3, -0.25) is 4.79 Å². The minimum absolute atomic E-state index is 0.0731. The fraction of sp³-hybridized carbons (Fsp3) is 0.923. The van der Waals surface area contributed by atoms with Gasteiger partial charge in [-0.1, -0.05) is 0 Å². The molecule has 0 aromatic carbocycles. The smallest absolute Gasteiger partial charge is 0.224 e. The molecular formula is C13H25N3O3S. The van der Waals surface area contributed by atoms with E-state index in [1.54, 1.807) is 0 Å². The normalized spacial score (nSPS) is 28.2. The lowest BCUT2D eigenvalue weighted by molar-refractivity contribution is -0.132. The average molecular weight is 303 g/mol. The van der Waals surface area contributed by atoms with E-state index in [9.17, 15) is 13.2 Å². The Balaban J connectivity index is 1.88. The number of nitrogens with zero attached hydrogens (tertiary/aromatic N) is 2. The molecule has 0 bridgehead atoms. The molecule has 2 atom stereocenters. The molecule has 116 valence electrons. The first kappa shape index (κ1) is 15.7. The zero-order valence-electron chi connectivity index (χ0n) is 12.3. The number of carbonyl (C=O) groups is 1. The number of carbonyl (C=O) groups excluding carboxylic acids is 1. The van der Waals surface area contributed by atoms with Crippen LogP contribution in [0, 0.1) is 0 Å². The maximum atomic E-state index is 12.3. The number of hydrogen-bond donors (Lipinski definition) is 1. The van der Waals surface area contributed by atoms with Crippen molar-refractivity contribution in [2.45, 2.75) is 44.2 Å². The molecule has 0 radical (unpaired) electrons. The lowest BCUT2D eigenvalue weighted by Gasteiger charge is -2.33. The number of hydrogen-bond acceptors (Lipinski definition) is 4. The summed E-state index contributed by atoms with van der Waals surface area (Å²) in [7, 11) is -1.08. The third-order valence-corrected chi connectivity index (χ3v) is 5.07. The first-order valence-electron chi connectivity index (χ1n) is 7.33. The van der Waals surface area contributed by atoms with Gasteiger partial charge in [-0.25, -0.2) is 13.1 Å². The van der Waals surface area contributed by atoms with Gasteiger partial charge in [0.25, 0.3) is 0 Å². The molecule has 0 spiro atoms. The monoisotopic (exact) mass is 303 g/mol. The number of rotatable bonds is 5. The minimum Gasteiger partial charge on any atom is -0.338 e. The van der Waals surface area contributed by atoms with Crippen LogP contribution >= 0.6 is 0 Å². The summed E-state index contributed by atoms with van der Waals surface area (Å²) in [6, 6.07) is 0.789. The van der Waals surface area contributed by atoms with Crippen LogP contribution < -0.4 is 4.72 Å². The maximum Gasteiger partial charge on any atom is 0.224 e. The summed E-state index contributed by atoms with van der Waals surface area (Å²) < 4.78 is 24.4. The highest BCUT2D eigenvalue weighted by Gasteiger charge is 2.37. The minimum atomic E-state index is -3.21. The molecule has 1 amide bonds. The molecule has 2 heterocycles. The second-order valence-electron chi connectivity index (χ2n) is 5.90. The summed E-state index contributed by atoms with van der Waals surface area (Å²) in [5.41, 5.74) is 0. The predicted octanol–water partition coefficient (Wildman–Crippen LogP) is 0.0109. The highest BCUT2D eigenvalue weighted by molar-refractivity contribution is 7.88. The summed E-state index contributed by atoms with van der Waals surface area (Å²) in [5, 5.41) is 0. The van der Waals surface area contributed by atoms with Crippen LogP contribution in [0.3, 0.4) is 0 Å². The van der Waals surface area contributed by atoms with Gasteiger partial charge in [0.1, 0.15) is 0 Å². The van der Waals surface area contributed by atoms with Crippen LogP contribution in [0.1, 0.15) is 32.1 Å². The Hall–Kier alpha value is -0.660. The second-order valence-corrected chi connectivity index (χ2v) is 7.74. The Kier molecular flexibility index (Phi) is 5.04. The molecule has 2 aliphatic rings. The van der Waals surface area contributed by atoms with Gasteiger partial charge in [0, 0.05) is 31.6 Å². The van der Waals surface area contributed by atoms with Gasteiger partial charge in [0.05, 0.1) is 6.26 Å². The van der Waals surface area contributed by atoms with Gasteiger partial charge in [-0.2, -0.15) is 0 Å². The van der Waals surface area contributed by atoms with Crippen LogP contribution in [0.4, 0.5) is 0 Å². The first-order valence-corrected chi connectivity index (χ1v) is 9.22. The summed E-state index contributed by atoms with van der Waals surface area (Å²) in [6.07, 6.45) is 5.85. The van der Waals surface area contributed by atoms with Gasteiger partial charge in [0.15, 0.2) is 0 Å². The number of likely N-dealkylation sites (tertiary alicyclic amines) is 2. The largest absolute Gasteiger partial charge is 0.338 e. The molecule has 2 saturated heterocycles. The van der Waals surface area contributed by atoms with E-state index < -0.39 is 10.0 Å². The molecule has 1 N–H and O–H groups in total. The molecule has 0 aromatic heterocycles. The van der Waals surface area contributed by atoms with Crippen LogP contribution in [-0.4, -0.2) is 69.1 Å². The molecule has 6 nitrogen and oxygen atoms in total. The number of nitrogens with one attached hydrogen (secondary N) is 1. The van der Waals surface area contributed by atoms with E-state index in [-0.39, 0.29) is 18.9 Å². The second kappa shape index (κ2) is 6.41. The number of amides is 1. The maximum absolute atomic E-state index is 12.3. The highest BCUT2D eigenvalue weighted by atomic mass is 32.2. The Morgan fingerprint density at radius 3 is 2.45 bits per heavy atom. The molecule has 2 fully saturated rings. The van der Waals surface area contributed by atoms with E-state index in [1.807, 2.05) is 4.90 Å². The molecule has 20 heavy (non-hydrogen) atoms. The molecular weight excluding hydrogens is 278 g/mol. The zero-order chi connectivity index (χ0) is 14.8. The third-order valence-electron chi connectivity index (χ3n) is 4.34. The van der Waals surface area contributed by atoms with Gasteiger partial charge in [-0.05, 0) is 39.3 Å². The van der Waals surface area contributed by atoms with Crippen LogP contribution in [0.2, 0.25) is 0 Å². The molecule has 2 unspecified atom stereocenters. The predicted molar refractivity (Wildman–Crippen MR) is 77.9 cm³/mol. The van der Waals surface area contributed by atoms with Gasteiger partial charge in [0.2, 0.25) is 15.9 Å². The van der Waals surface area contributed by atoms with E-state index in [1.165, 1.54) is 6.42 Å². The van der Waals surface area contributed by atoms with Gasteiger partial charge in [-0.15, -0.1) is 0 Å². The van der Waals surface area contributed by atoms with E-state index >= 15 is 0 Å². The Morgan fingerprint density at radius 2 is 1.85 bits per heavy atom. The number of likely N-dealkylation sites (N-methyl/N-ethyl adjacent to an activating group) is 1. The fourth-order valence-electron chi connectivity index (χ4n) is 3.41. The summed E-state index contributed by atoms with van der Waals surface area (Å²) in [4.78, 5) is 16.6. The third kappa shape index (κ3) is 3.93. The topological polar surface area (TPSA) is 69.7 Å². The standard InChI is InChI=1S/C13H25N3O3S/c1-15-9-3-5-11(15)12-6-4-10-16(12)13(17)7-8-14-20(2,18)19/h11-12,14H,3-10H2,1-2H3. The van der Waals surface area contributed by atoms with E-state index in [2.05, 4.69) is 16.7 Å². The Labute approximate surface area is 121 Å². The van der Waals surface area contributed by atoms with Crippen molar-refractivity contribution in [2.24, 2.45) is 0 Å². The SMILES string of the molecule is CN1CCCC1C1CCCN1C(=O)CCNS(C)(=O)=O. The molecule has 2 rings (SSSR count). The molecule has 0 saturated carbocycles. The van der Waals surface area contributed by atoms with Crippen LogP contribution in [0.25, 0.3) is 0 Å². The summed E-state index contributed by atoms with van der Waals surface area (Å²) in [6.45, 7) is 2.12. The van der Waals surface area contributed by atoms with Crippen LogP contribution in [0.15, 0.2) is 0 Å². The van der Waals surface area contributed by atoms with E-state index in [0.29, 0.717) is 12.1 Å². The molecule has 0 aliphatic carbocycles. The molecule has 7 heteroatoms. The van der Waals surface area contributed by atoms with Crippen LogP contribution in [-0.2, 0) is 14.8 Å². The van der Waals surface area contributed by atoms with Crippen molar-refractivity contribution in [1.29, 1.82) is 0 Å². The van der Waals surface area contributed by atoms with Gasteiger partial charge >= 0.3 is 0 Å². The zero-order valence-corrected chi connectivity index (χ0v) is 13.2. The van der Waals surface area contributed by atoms with Crippen molar-refractivity contribution in [3.8, 4) is 0 Å². The average Bonchev–Trinajstić information content (AvgIpc) is 2.94. The summed E-state index contributed by atoms with van der Waals surface area (Å²) >= 11 is 0. The Morgan fingerprint density at radius 1 is 1.20 bits per heavy atom. The lowest BCUT2D eigenvalue weighted by Crippen LogP contribution is -2.47. The van der Waals surface area contributed by atoms with Crippen molar-refractivity contribution < 1.29 is 13.2 Å². The van der Waals surface area contributed by atoms with Crippen molar-refractivity contribution in [1.82, 2.24) is 14.5 Å². The molecule has 2 aliphatic heterocycles. The number of sulfonamides is 1. The lowest BCUT2D eigenvalue weighted by atomic mass is 10.0.